The average molecular weight is 504 g/mol. The third-order valence-electron chi connectivity index (χ3n) is 7.21. The number of hydrogen-bond donors (Lipinski definition) is 1. The van der Waals surface area contributed by atoms with Crippen molar-refractivity contribution in [2.24, 2.45) is 0 Å². The maximum atomic E-state index is 6.26. The molecule has 0 spiro atoms. The highest BCUT2D eigenvalue weighted by Crippen LogP contribution is 2.44. The van der Waals surface area contributed by atoms with E-state index in [0.717, 1.165) is 72.2 Å². The van der Waals surface area contributed by atoms with Crippen LogP contribution in [0.2, 0.25) is 0 Å². The molecule has 0 aliphatic carbocycles. The van der Waals surface area contributed by atoms with Crippen molar-refractivity contribution in [3.8, 4) is 0 Å². The molecule has 5 heterocycles. The molecule has 1 N–H and O–H groups in total. The van der Waals surface area contributed by atoms with Gasteiger partial charge in [-0.15, -0.1) is 11.3 Å². The molecule has 7 nitrogen and oxygen atoms in total. The van der Waals surface area contributed by atoms with Gasteiger partial charge in [-0.1, -0.05) is 30.3 Å². The van der Waals surface area contributed by atoms with Crippen LogP contribution in [0.1, 0.15) is 43.9 Å². The number of fused-ring (bicyclic) bond motifs is 5. The number of aromatic nitrogens is 3. The van der Waals surface area contributed by atoms with Crippen LogP contribution in [0.25, 0.3) is 20.4 Å². The minimum Gasteiger partial charge on any atom is -0.378 e. The Hall–Kier alpha value is -2.81. The molecule has 0 bridgehead atoms. The highest BCUT2D eigenvalue weighted by molar-refractivity contribution is 7.26. The molecule has 36 heavy (non-hydrogen) atoms. The molecule has 0 amide bonds. The standard InChI is InChI=1S/C28H33N5O2S/c1-18(9-10-19-7-5-4-6-8-19)31-25-24-23(29-17-30-25)22-20-15-28(2,3)35-16-21(20)26(32-27(22)36-24)33-11-13-34-14-12-33/h4-8,17-18H,9-16H2,1-3H3,(H,29,30,31). The van der Waals surface area contributed by atoms with Crippen molar-refractivity contribution >= 4 is 43.4 Å². The topological polar surface area (TPSA) is 72.4 Å². The van der Waals surface area contributed by atoms with Gasteiger partial charge < -0.3 is 19.7 Å². The van der Waals surface area contributed by atoms with Crippen LogP contribution < -0.4 is 10.2 Å². The Morgan fingerprint density at radius 2 is 1.92 bits per heavy atom. The van der Waals surface area contributed by atoms with Gasteiger partial charge in [0, 0.05) is 36.5 Å². The number of pyridine rings is 1. The van der Waals surface area contributed by atoms with Gasteiger partial charge in [0.1, 0.15) is 22.8 Å². The van der Waals surface area contributed by atoms with Crippen LogP contribution in [-0.4, -0.2) is 52.9 Å². The third-order valence-corrected chi connectivity index (χ3v) is 8.29. The van der Waals surface area contributed by atoms with Gasteiger partial charge in [0.2, 0.25) is 0 Å². The van der Waals surface area contributed by atoms with E-state index < -0.39 is 0 Å². The van der Waals surface area contributed by atoms with Crippen molar-refractivity contribution in [2.75, 3.05) is 36.5 Å². The first-order chi connectivity index (χ1) is 17.5. The second-order valence-electron chi connectivity index (χ2n) is 10.5. The summed E-state index contributed by atoms with van der Waals surface area (Å²) in [7, 11) is 0. The molecule has 6 rings (SSSR count). The fraction of sp³-hybridized carbons (Fsp3) is 0.464. The van der Waals surface area contributed by atoms with Gasteiger partial charge in [0.05, 0.1) is 35.6 Å². The number of morpholine rings is 1. The van der Waals surface area contributed by atoms with Gasteiger partial charge in [-0.05, 0) is 44.7 Å². The molecule has 1 saturated heterocycles. The lowest BCUT2D eigenvalue weighted by molar-refractivity contribution is -0.0396. The third kappa shape index (κ3) is 4.53. The fourth-order valence-electron chi connectivity index (χ4n) is 5.26. The molecule has 2 aliphatic rings. The van der Waals surface area contributed by atoms with Crippen LogP contribution >= 0.6 is 11.3 Å². The van der Waals surface area contributed by atoms with E-state index in [4.69, 9.17) is 19.4 Å². The van der Waals surface area contributed by atoms with Gasteiger partial charge >= 0.3 is 0 Å². The summed E-state index contributed by atoms with van der Waals surface area (Å²) in [5.41, 5.74) is 4.66. The van der Waals surface area contributed by atoms with Gasteiger partial charge in [0.15, 0.2) is 0 Å². The van der Waals surface area contributed by atoms with Crippen molar-refractivity contribution in [3.05, 3.63) is 53.3 Å². The van der Waals surface area contributed by atoms with E-state index in [2.05, 4.69) is 66.3 Å². The summed E-state index contributed by atoms with van der Waals surface area (Å²) in [6.45, 7) is 10.3. The van der Waals surface area contributed by atoms with Crippen molar-refractivity contribution in [2.45, 2.75) is 58.3 Å². The quantitative estimate of drug-likeness (QED) is 0.380. The molecule has 2 aliphatic heterocycles. The Labute approximate surface area is 215 Å². The lowest BCUT2D eigenvalue weighted by Crippen LogP contribution is -2.39. The van der Waals surface area contributed by atoms with Crippen LogP contribution in [0.5, 0.6) is 0 Å². The lowest BCUT2D eigenvalue weighted by atomic mass is 9.90. The second-order valence-corrected chi connectivity index (χ2v) is 11.5. The summed E-state index contributed by atoms with van der Waals surface area (Å²) in [5.74, 6) is 1.94. The van der Waals surface area contributed by atoms with Crippen LogP contribution in [0.15, 0.2) is 36.7 Å². The zero-order valence-corrected chi connectivity index (χ0v) is 22.0. The van der Waals surface area contributed by atoms with E-state index in [-0.39, 0.29) is 11.6 Å². The molecule has 3 aromatic heterocycles. The number of benzene rings is 1. The van der Waals surface area contributed by atoms with Crippen LogP contribution in [0.4, 0.5) is 11.6 Å². The average Bonchev–Trinajstić information content (AvgIpc) is 3.27. The van der Waals surface area contributed by atoms with E-state index in [1.807, 2.05) is 0 Å². The first-order valence-electron chi connectivity index (χ1n) is 12.8. The monoisotopic (exact) mass is 503 g/mol. The highest BCUT2D eigenvalue weighted by Gasteiger charge is 2.33. The number of anilines is 2. The Bertz CT molecular complexity index is 1380. The number of nitrogens with one attached hydrogen (secondary N) is 1. The van der Waals surface area contributed by atoms with Crippen molar-refractivity contribution in [1.29, 1.82) is 0 Å². The number of nitrogens with zero attached hydrogens (tertiary/aromatic N) is 4. The first-order valence-corrected chi connectivity index (χ1v) is 13.7. The van der Waals surface area contributed by atoms with E-state index in [0.29, 0.717) is 6.61 Å². The summed E-state index contributed by atoms with van der Waals surface area (Å²) < 4.78 is 13.0. The van der Waals surface area contributed by atoms with E-state index in [1.54, 1.807) is 17.7 Å². The van der Waals surface area contributed by atoms with Crippen LogP contribution in [0.3, 0.4) is 0 Å². The van der Waals surface area contributed by atoms with E-state index in [1.165, 1.54) is 22.1 Å². The molecule has 1 atom stereocenters. The van der Waals surface area contributed by atoms with Gasteiger partial charge in [-0.25, -0.2) is 15.0 Å². The highest BCUT2D eigenvalue weighted by atomic mass is 32.1. The smallest absolute Gasteiger partial charge is 0.147 e. The summed E-state index contributed by atoms with van der Waals surface area (Å²) in [6.07, 6.45) is 4.59. The minimum atomic E-state index is -0.224. The number of rotatable bonds is 6. The maximum absolute atomic E-state index is 6.26. The Morgan fingerprint density at radius 1 is 1.11 bits per heavy atom. The fourth-order valence-corrected chi connectivity index (χ4v) is 6.37. The molecule has 1 fully saturated rings. The molecule has 188 valence electrons. The second kappa shape index (κ2) is 9.57. The first kappa shape index (κ1) is 23.6. The van der Waals surface area contributed by atoms with Crippen molar-refractivity contribution < 1.29 is 9.47 Å². The summed E-state index contributed by atoms with van der Waals surface area (Å²) in [4.78, 5) is 18.0. The van der Waals surface area contributed by atoms with Crippen LogP contribution in [0, 0.1) is 0 Å². The van der Waals surface area contributed by atoms with Crippen molar-refractivity contribution in [3.63, 3.8) is 0 Å². The maximum Gasteiger partial charge on any atom is 0.147 e. The number of ether oxygens (including phenoxy) is 2. The molecule has 1 unspecified atom stereocenters. The molecule has 4 aromatic rings. The largest absolute Gasteiger partial charge is 0.378 e. The number of hydrogen-bond acceptors (Lipinski definition) is 8. The predicted octanol–water partition coefficient (Wildman–Crippen LogP) is 5.36. The van der Waals surface area contributed by atoms with Gasteiger partial charge in [-0.2, -0.15) is 0 Å². The number of thiophene rings is 1. The molecule has 8 heteroatoms. The van der Waals surface area contributed by atoms with Gasteiger partial charge in [0.25, 0.3) is 0 Å². The van der Waals surface area contributed by atoms with Crippen LogP contribution in [-0.2, 0) is 28.9 Å². The minimum absolute atomic E-state index is 0.224. The summed E-state index contributed by atoms with van der Waals surface area (Å²) >= 11 is 1.70. The molecule has 1 aromatic carbocycles. The zero-order chi connectivity index (χ0) is 24.7. The van der Waals surface area contributed by atoms with E-state index in [9.17, 15) is 0 Å². The lowest BCUT2D eigenvalue weighted by Gasteiger charge is -2.36. The molecular formula is C28H33N5O2S. The Balaban J connectivity index is 1.39. The molecule has 0 radical (unpaired) electrons. The summed E-state index contributed by atoms with van der Waals surface area (Å²) in [6, 6.07) is 10.9. The Morgan fingerprint density at radius 3 is 2.72 bits per heavy atom. The molecular weight excluding hydrogens is 470 g/mol. The zero-order valence-electron chi connectivity index (χ0n) is 21.2. The predicted molar refractivity (Wildman–Crippen MR) is 146 cm³/mol. The summed E-state index contributed by atoms with van der Waals surface area (Å²) in [5, 5.41) is 4.84. The SMILES string of the molecule is CC(CCc1ccccc1)Nc1ncnc2c1sc1nc(N3CCOCC3)c3c(c12)CC(C)(C)OC3. The van der Waals surface area contributed by atoms with Gasteiger partial charge in [-0.3, -0.25) is 0 Å². The Kier molecular flexibility index (Phi) is 6.27. The van der Waals surface area contributed by atoms with E-state index >= 15 is 0 Å². The normalized spacial score (nSPS) is 18.4. The van der Waals surface area contributed by atoms with Crippen molar-refractivity contribution in [1.82, 2.24) is 15.0 Å². The number of aryl methyl sites for hydroxylation is 1. The molecule has 0 saturated carbocycles.